The van der Waals surface area contributed by atoms with E-state index in [1.165, 1.54) is 48.0 Å². The third-order valence-corrected chi connectivity index (χ3v) is 7.57. The van der Waals surface area contributed by atoms with Crippen molar-refractivity contribution in [2.45, 2.75) is 68.6 Å². The summed E-state index contributed by atoms with van der Waals surface area (Å²) in [6.07, 6.45) is 6.55. The second-order valence-electron chi connectivity index (χ2n) is 7.50. The number of thioether (sulfide) groups is 1. The van der Waals surface area contributed by atoms with Crippen molar-refractivity contribution < 1.29 is 0 Å². The molecule has 1 aliphatic rings. The molecule has 23 heavy (non-hydrogen) atoms. The lowest BCUT2D eigenvalue weighted by Gasteiger charge is -2.24. The van der Waals surface area contributed by atoms with Crippen molar-refractivity contribution in [3.05, 3.63) is 35.9 Å². The summed E-state index contributed by atoms with van der Waals surface area (Å²) < 4.78 is 2.26. The predicted molar refractivity (Wildman–Crippen MR) is 101 cm³/mol. The van der Waals surface area contributed by atoms with Crippen molar-refractivity contribution in [2.24, 2.45) is 0 Å². The second-order valence-corrected chi connectivity index (χ2v) is 13.4. The molecule has 5 heteroatoms. The van der Waals surface area contributed by atoms with Crippen LogP contribution in [-0.2, 0) is 5.75 Å². The fraction of sp³-hybridized carbons (Fsp3) is 0.556. The first-order chi connectivity index (χ1) is 11.1. The van der Waals surface area contributed by atoms with Gasteiger partial charge >= 0.3 is 0 Å². The van der Waals surface area contributed by atoms with Crippen molar-refractivity contribution in [2.75, 3.05) is 0 Å². The average Bonchev–Trinajstić information content (AvgIpc) is 2.99. The highest BCUT2D eigenvalue weighted by molar-refractivity contribution is 7.98. The molecular weight excluding hydrogens is 318 g/mol. The Hall–Kier alpha value is -1.07. The number of hydrogen-bond acceptors (Lipinski definition) is 3. The Morgan fingerprint density at radius 2 is 1.78 bits per heavy atom. The standard InChI is InChI=1S/C18H27N3SSi/c1-23(2,3)17-18(22-14-15-10-6-4-7-11-15)21(20-19-17)16-12-8-5-9-13-16/h4,6-7,10-11,16H,5,8-9,12-14H2,1-3H3. The van der Waals surface area contributed by atoms with E-state index >= 15 is 0 Å². The van der Waals surface area contributed by atoms with Crippen LogP contribution < -0.4 is 5.32 Å². The molecule has 0 spiro atoms. The number of benzene rings is 1. The number of hydrogen-bond donors (Lipinski definition) is 0. The molecule has 0 unspecified atom stereocenters. The van der Waals surface area contributed by atoms with Crippen molar-refractivity contribution >= 4 is 25.2 Å². The molecule has 1 saturated carbocycles. The summed E-state index contributed by atoms with van der Waals surface area (Å²) in [7, 11) is -1.47. The molecular formula is C18H27N3SSi. The highest BCUT2D eigenvalue weighted by Gasteiger charge is 2.29. The largest absolute Gasteiger partial charge is 0.236 e. The van der Waals surface area contributed by atoms with E-state index in [2.05, 4.69) is 65.0 Å². The number of aromatic nitrogens is 3. The maximum Gasteiger partial charge on any atom is 0.114 e. The molecule has 0 radical (unpaired) electrons. The molecule has 1 fully saturated rings. The third-order valence-electron chi connectivity index (χ3n) is 4.50. The third kappa shape index (κ3) is 4.07. The minimum absolute atomic E-state index is 0.555. The van der Waals surface area contributed by atoms with Crippen molar-refractivity contribution in [1.29, 1.82) is 0 Å². The van der Waals surface area contributed by atoms with Gasteiger partial charge in [0, 0.05) is 5.75 Å². The minimum Gasteiger partial charge on any atom is -0.236 e. The Balaban J connectivity index is 1.86. The molecule has 0 saturated heterocycles. The zero-order chi connectivity index (χ0) is 16.3. The van der Waals surface area contributed by atoms with Crippen LogP contribution in [0.1, 0.15) is 43.7 Å². The first kappa shape index (κ1) is 16.8. The van der Waals surface area contributed by atoms with Crippen LogP contribution in [-0.4, -0.2) is 23.1 Å². The van der Waals surface area contributed by atoms with E-state index in [4.69, 9.17) is 0 Å². The molecule has 0 atom stereocenters. The molecule has 3 rings (SSSR count). The molecule has 0 N–H and O–H groups in total. The van der Waals surface area contributed by atoms with E-state index in [-0.39, 0.29) is 0 Å². The van der Waals surface area contributed by atoms with Gasteiger partial charge in [-0.05, 0) is 18.4 Å². The summed E-state index contributed by atoms with van der Waals surface area (Å²) >= 11 is 1.93. The summed E-state index contributed by atoms with van der Waals surface area (Å²) in [5.41, 5.74) is 1.37. The van der Waals surface area contributed by atoms with Gasteiger partial charge in [0.25, 0.3) is 0 Å². The van der Waals surface area contributed by atoms with Crippen molar-refractivity contribution in [3.63, 3.8) is 0 Å². The topological polar surface area (TPSA) is 30.7 Å². The van der Waals surface area contributed by atoms with Gasteiger partial charge in [0.1, 0.15) is 13.1 Å². The summed E-state index contributed by atoms with van der Waals surface area (Å²) in [5.74, 6) is 0.998. The van der Waals surface area contributed by atoms with Crippen LogP contribution in [0.2, 0.25) is 19.6 Å². The van der Waals surface area contributed by atoms with Crippen LogP contribution in [0.5, 0.6) is 0 Å². The van der Waals surface area contributed by atoms with Crippen molar-refractivity contribution in [3.8, 4) is 0 Å². The summed E-state index contributed by atoms with van der Waals surface area (Å²) in [4.78, 5) is 0. The molecule has 3 nitrogen and oxygen atoms in total. The van der Waals surface area contributed by atoms with Gasteiger partial charge in [-0.1, -0.05) is 74.4 Å². The van der Waals surface area contributed by atoms with Crippen molar-refractivity contribution in [1.82, 2.24) is 15.0 Å². The molecule has 0 bridgehead atoms. The Morgan fingerprint density at radius 1 is 1.09 bits per heavy atom. The lowest BCUT2D eigenvalue weighted by molar-refractivity contribution is 0.308. The lowest BCUT2D eigenvalue weighted by Crippen LogP contribution is -2.40. The Bertz CT molecular complexity index is 627. The molecule has 2 aromatic rings. The highest BCUT2D eigenvalue weighted by atomic mass is 32.2. The molecule has 1 aromatic carbocycles. The lowest BCUT2D eigenvalue weighted by atomic mass is 9.96. The van der Waals surface area contributed by atoms with Gasteiger partial charge in [0.2, 0.25) is 0 Å². The monoisotopic (exact) mass is 345 g/mol. The van der Waals surface area contributed by atoms with Gasteiger partial charge in [-0.25, -0.2) is 4.68 Å². The van der Waals surface area contributed by atoms with E-state index in [0.29, 0.717) is 6.04 Å². The molecule has 124 valence electrons. The van der Waals surface area contributed by atoms with Gasteiger partial charge in [-0.3, -0.25) is 0 Å². The van der Waals surface area contributed by atoms with Gasteiger partial charge in [0.15, 0.2) is 0 Å². The van der Waals surface area contributed by atoms with Gasteiger partial charge < -0.3 is 0 Å². The van der Waals surface area contributed by atoms with Crippen LogP contribution >= 0.6 is 11.8 Å². The Kier molecular flexibility index (Phi) is 5.26. The second kappa shape index (κ2) is 7.22. The quantitative estimate of drug-likeness (QED) is 0.585. The molecule has 0 aliphatic heterocycles. The van der Waals surface area contributed by atoms with Crippen LogP contribution in [0, 0.1) is 0 Å². The van der Waals surface area contributed by atoms with E-state index in [0.717, 1.165) is 5.75 Å². The molecule has 1 heterocycles. The van der Waals surface area contributed by atoms with Crippen LogP contribution in [0.25, 0.3) is 0 Å². The fourth-order valence-corrected chi connectivity index (χ4v) is 6.41. The summed E-state index contributed by atoms with van der Waals surface area (Å²) in [6, 6.07) is 11.3. The number of nitrogens with zero attached hydrogens (tertiary/aromatic N) is 3. The predicted octanol–water partition coefficient (Wildman–Crippen LogP) is 4.62. The Labute approximate surface area is 144 Å². The van der Waals surface area contributed by atoms with Gasteiger partial charge in [-0.15, -0.1) is 16.9 Å². The maximum atomic E-state index is 4.63. The molecule has 0 amide bonds. The fourth-order valence-electron chi connectivity index (χ4n) is 3.18. The first-order valence-electron chi connectivity index (χ1n) is 8.68. The normalized spacial score (nSPS) is 16.7. The Morgan fingerprint density at radius 3 is 2.43 bits per heavy atom. The van der Waals surface area contributed by atoms with Gasteiger partial charge in [-0.2, -0.15) is 0 Å². The smallest absolute Gasteiger partial charge is 0.114 e. The molecule has 1 aromatic heterocycles. The van der Waals surface area contributed by atoms with E-state index in [1.807, 2.05) is 11.8 Å². The summed E-state index contributed by atoms with van der Waals surface area (Å²) in [5, 5.41) is 11.8. The van der Waals surface area contributed by atoms with Gasteiger partial charge in [0.05, 0.1) is 11.4 Å². The van der Waals surface area contributed by atoms with Crippen LogP contribution in [0.4, 0.5) is 0 Å². The first-order valence-corrected chi connectivity index (χ1v) is 13.2. The summed E-state index contributed by atoms with van der Waals surface area (Å²) in [6.45, 7) is 7.11. The SMILES string of the molecule is C[Si](C)(C)c1nnn(C2CCCCC2)c1SCc1ccccc1. The van der Waals surface area contributed by atoms with E-state index in [9.17, 15) is 0 Å². The van der Waals surface area contributed by atoms with Crippen LogP contribution in [0.3, 0.4) is 0 Å². The maximum absolute atomic E-state index is 4.63. The van der Waals surface area contributed by atoms with E-state index < -0.39 is 8.07 Å². The van der Waals surface area contributed by atoms with E-state index in [1.54, 1.807) is 0 Å². The zero-order valence-electron chi connectivity index (χ0n) is 14.5. The molecule has 1 aliphatic carbocycles. The highest BCUT2D eigenvalue weighted by Crippen LogP contribution is 2.32. The zero-order valence-corrected chi connectivity index (χ0v) is 16.3. The number of rotatable bonds is 5. The van der Waals surface area contributed by atoms with Crippen LogP contribution in [0.15, 0.2) is 35.4 Å². The average molecular weight is 346 g/mol. The minimum atomic E-state index is -1.47.